The van der Waals surface area contributed by atoms with Crippen LogP contribution in [0, 0.1) is 5.92 Å². The van der Waals surface area contributed by atoms with E-state index >= 15 is 0 Å². The highest BCUT2D eigenvalue weighted by atomic mass is 32.2. The topological polar surface area (TPSA) is 191 Å². The molecule has 8 N–H and O–H groups in total. The molecule has 1 aromatic rings. The van der Waals surface area contributed by atoms with E-state index in [9.17, 15) is 29.4 Å². The lowest BCUT2D eigenvalue weighted by Gasteiger charge is -2.26. The van der Waals surface area contributed by atoms with Crippen molar-refractivity contribution in [2.24, 2.45) is 11.7 Å². The van der Waals surface area contributed by atoms with Crippen LogP contribution in [-0.4, -0.2) is 81.8 Å². The summed E-state index contributed by atoms with van der Waals surface area (Å²) in [6.07, 6.45) is 2.63. The highest BCUT2D eigenvalue weighted by Gasteiger charge is 2.31. The van der Waals surface area contributed by atoms with Crippen molar-refractivity contribution in [1.82, 2.24) is 16.0 Å². The SMILES string of the molecule is CCC(C)C(NC(=O)C(CCSC)NC(=O)C(Cc1ccc(O)cc1)NC(=O)C(N)CO)C(=O)O. The molecule has 196 valence electrons. The zero-order valence-electron chi connectivity index (χ0n) is 20.2. The molecule has 0 aliphatic rings. The van der Waals surface area contributed by atoms with Crippen molar-refractivity contribution >= 4 is 35.5 Å². The molecule has 1 rings (SSSR count). The fraction of sp³-hybridized carbons (Fsp3) is 0.565. The largest absolute Gasteiger partial charge is 0.508 e. The third-order valence-electron chi connectivity index (χ3n) is 5.56. The fourth-order valence-electron chi connectivity index (χ4n) is 3.15. The van der Waals surface area contributed by atoms with Crippen LogP contribution < -0.4 is 21.7 Å². The molecule has 0 heterocycles. The highest BCUT2D eigenvalue weighted by molar-refractivity contribution is 7.98. The Morgan fingerprint density at radius 3 is 2.09 bits per heavy atom. The molecule has 0 aliphatic heterocycles. The Bertz CT molecular complexity index is 853. The summed E-state index contributed by atoms with van der Waals surface area (Å²) in [5.41, 5.74) is 6.19. The van der Waals surface area contributed by atoms with Gasteiger partial charge in [0.1, 0.15) is 29.9 Å². The van der Waals surface area contributed by atoms with Gasteiger partial charge in [0.25, 0.3) is 0 Å². The summed E-state index contributed by atoms with van der Waals surface area (Å²) in [6.45, 7) is 2.90. The number of thioether (sulfide) groups is 1. The molecule has 0 saturated carbocycles. The average Bonchev–Trinajstić information content (AvgIpc) is 2.84. The van der Waals surface area contributed by atoms with Crippen LogP contribution in [0.3, 0.4) is 0 Å². The predicted octanol–water partition coefficient (Wildman–Crippen LogP) is -0.407. The minimum Gasteiger partial charge on any atom is -0.508 e. The minimum absolute atomic E-state index is 0.0253. The van der Waals surface area contributed by atoms with Crippen LogP contribution in [0.15, 0.2) is 24.3 Å². The molecule has 11 nitrogen and oxygen atoms in total. The van der Waals surface area contributed by atoms with Crippen molar-refractivity contribution in [3.8, 4) is 5.75 Å². The molecular formula is C23H36N4O7S. The summed E-state index contributed by atoms with van der Waals surface area (Å²) in [5, 5.41) is 35.8. The number of rotatable bonds is 15. The number of aromatic hydroxyl groups is 1. The van der Waals surface area contributed by atoms with Gasteiger partial charge in [0.15, 0.2) is 0 Å². The summed E-state index contributed by atoms with van der Waals surface area (Å²) in [7, 11) is 0. The molecule has 1 aromatic carbocycles. The number of carbonyl (C=O) groups is 4. The number of carboxylic acids is 1. The van der Waals surface area contributed by atoms with E-state index in [0.717, 1.165) is 0 Å². The van der Waals surface area contributed by atoms with Crippen LogP contribution in [0.5, 0.6) is 5.75 Å². The Hall–Kier alpha value is -2.83. The van der Waals surface area contributed by atoms with Crippen LogP contribution in [-0.2, 0) is 25.6 Å². The van der Waals surface area contributed by atoms with Gasteiger partial charge in [-0.05, 0) is 42.0 Å². The number of aliphatic carboxylic acids is 1. The lowest BCUT2D eigenvalue weighted by molar-refractivity contribution is -0.143. The summed E-state index contributed by atoms with van der Waals surface area (Å²) in [4.78, 5) is 50.0. The van der Waals surface area contributed by atoms with E-state index in [-0.39, 0.29) is 24.5 Å². The van der Waals surface area contributed by atoms with Gasteiger partial charge in [-0.2, -0.15) is 11.8 Å². The Labute approximate surface area is 209 Å². The fourth-order valence-corrected chi connectivity index (χ4v) is 3.62. The van der Waals surface area contributed by atoms with E-state index in [4.69, 9.17) is 10.8 Å². The van der Waals surface area contributed by atoms with Gasteiger partial charge in [-0.3, -0.25) is 14.4 Å². The maximum atomic E-state index is 13.2. The Morgan fingerprint density at radius 2 is 1.57 bits per heavy atom. The van der Waals surface area contributed by atoms with Crippen molar-refractivity contribution in [2.75, 3.05) is 18.6 Å². The highest BCUT2D eigenvalue weighted by Crippen LogP contribution is 2.13. The maximum Gasteiger partial charge on any atom is 0.326 e. The zero-order chi connectivity index (χ0) is 26.5. The number of carbonyl (C=O) groups excluding carboxylic acids is 3. The molecule has 0 fully saturated rings. The lowest BCUT2D eigenvalue weighted by atomic mass is 9.98. The van der Waals surface area contributed by atoms with Crippen LogP contribution in [0.2, 0.25) is 0 Å². The van der Waals surface area contributed by atoms with Crippen molar-refractivity contribution in [1.29, 1.82) is 0 Å². The Morgan fingerprint density at radius 1 is 1.00 bits per heavy atom. The summed E-state index contributed by atoms with van der Waals surface area (Å²) >= 11 is 1.45. The third-order valence-corrected chi connectivity index (χ3v) is 6.21. The first-order valence-electron chi connectivity index (χ1n) is 11.3. The van der Waals surface area contributed by atoms with E-state index in [1.807, 2.05) is 13.2 Å². The van der Waals surface area contributed by atoms with Crippen molar-refractivity contribution in [3.63, 3.8) is 0 Å². The molecule has 35 heavy (non-hydrogen) atoms. The predicted molar refractivity (Wildman–Crippen MR) is 133 cm³/mol. The molecule has 0 aromatic heterocycles. The van der Waals surface area contributed by atoms with Crippen LogP contribution in [0.1, 0.15) is 32.3 Å². The quantitative estimate of drug-likeness (QED) is 0.164. The summed E-state index contributed by atoms with van der Waals surface area (Å²) < 4.78 is 0. The molecule has 5 unspecified atom stereocenters. The molecule has 3 amide bonds. The summed E-state index contributed by atoms with van der Waals surface area (Å²) in [6, 6.07) is 1.49. The minimum atomic E-state index is -1.24. The third kappa shape index (κ3) is 10.1. The normalized spacial score (nSPS) is 15.2. The van der Waals surface area contributed by atoms with Gasteiger partial charge in [0, 0.05) is 6.42 Å². The van der Waals surface area contributed by atoms with E-state index in [1.54, 1.807) is 19.1 Å². The second kappa shape index (κ2) is 15.2. The molecule has 5 atom stereocenters. The smallest absolute Gasteiger partial charge is 0.326 e. The van der Waals surface area contributed by atoms with E-state index in [1.165, 1.54) is 23.9 Å². The first kappa shape index (κ1) is 30.2. The van der Waals surface area contributed by atoms with Gasteiger partial charge < -0.3 is 37.0 Å². The number of hydrogen-bond donors (Lipinski definition) is 7. The van der Waals surface area contributed by atoms with Crippen LogP contribution in [0.25, 0.3) is 0 Å². The second-order valence-electron chi connectivity index (χ2n) is 8.27. The van der Waals surface area contributed by atoms with Crippen molar-refractivity contribution in [3.05, 3.63) is 29.8 Å². The number of nitrogens with two attached hydrogens (primary N) is 1. The molecule has 0 saturated heterocycles. The van der Waals surface area contributed by atoms with Gasteiger partial charge in [0.2, 0.25) is 17.7 Å². The maximum absolute atomic E-state index is 13.2. The van der Waals surface area contributed by atoms with E-state index in [0.29, 0.717) is 17.7 Å². The van der Waals surface area contributed by atoms with Gasteiger partial charge in [0.05, 0.1) is 6.61 Å². The Kier molecular flexibility index (Phi) is 13.1. The van der Waals surface area contributed by atoms with Gasteiger partial charge in [-0.25, -0.2) is 4.79 Å². The number of aliphatic hydroxyl groups is 1. The van der Waals surface area contributed by atoms with Crippen LogP contribution in [0.4, 0.5) is 0 Å². The number of benzene rings is 1. The number of hydrogen-bond acceptors (Lipinski definition) is 8. The first-order chi connectivity index (χ1) is 16.5. The Balaban J connectivity index is 3.10. The van der Waals surface area contributed by atoms with E-state index in [2.05, 4.69) is 16.0 Å². The van der Waals surface area contributed by atoms with Crippen LogP contribution >= 0.6 is 11.8 Å². The number of nitrogens with one attached hydrogen (secondary N) is 3. The summed E-state index contributed by atoms with van der Waals surface area (Å²) in [5.74, 6) is -3.00. The number of amides is 3. The van der Waals surface area contributed by atoms with Crippen molar-refractivity contribution in [2.45, 2.75) is 57.3 Å². The van der Waals surface area contributed by atoms with Gasteiger partial charge >= 0.3 is 5.97 Å². The standard InChI is InChI=1S/C23H36N4O7S/c1-4-13(2)19(23(33)34)27-21(31)17(9-10-35-3)25-22(32)18(26-20(30)16(24)12-28)11-14-5-7-15(29)8-6-14/h5-8,13,16-19,28-29H,4,9-12,24H2,1-3H3,(H,25,32)(H,26,30)(H,27,31)(H,33,34). The molecule has 12 heteroatoms. The molecule has 0 spiro atoms. The number of phenolic OH excluding ortho intramolecular Hbond substituents is 1. The van der Waals surface area contributed by atoms with Gasteiger partial charge in [-0.1, -0.05) is 32.4 Å². The van der Waals surface area contributed by atoms with Crippen molar-refractivity contribution < 1.29 is 34.5 Å². The molecular weight excluding hydrogens is 476 g/mol. The number of aliphatic hydroxyl groups excluding tert-OH is 1. The average molecular weight is 513 g/mol. The first-order valence-corrected chi connectivity index (χ1v) is 12.7. The molecule has 0 aliphatic carbocycles. The monoisotopic (exact) mass is 512 g/mol. The van der Waals surface area contributed by atoms with Gasteiger partial charge in [-0.15, -0.1) is 0 Å². The van der Waals surface area contributed by atoms with E-state index < -0.39 is 54.5 Å². The molecule has 0 bridgehead atoms. The zero-order valence-corrected chi connectivity index (χ0v) is 21.0. The number of phenols is 1. The second-order valence-corrected chi connectivity index (χ2v) is 9.26. The molecule has 0 radical (unpaired) electrons. The number of carboxylic acid groups (broad SMARTS) is 1. The lowest BCUT2D eigenvalue weighted by Crippen LogP contribution is -2.58.